The van der Waals surface area contributed by atoms with Crippen LogP contribution in [0.15, 0.2) is 24.3 Å². The van der Waals surface area contributed by atoms with Gasteiger partial charge in [0.1, 0.15) is 11.6 Å². The Morgan fingerprint density at radius 3 is 2.86 bits per heavy atom. The van der Waals surface area contributed by atoms with Crippen LogP contribution in [0, 0.1) is 5.82 Å². The molecule has 3 rings (SSSR count). The van der Waals surface area contributed by atoms with Crippen molar-refractivity contribution in [3.05, 3.63) is 41.3 Å². The molecule has 28 heavy (non-hydrogen) atoms. The van der Waals surface area contributed by atoms with Gasteiger partial charge in [-0.25, -0.2) is 19.2 Å². The Bertz CT molecular complexity index is 840. The van der Waals surface area contributed by atoms with Crippen molar-refractivity contribution >= 4 is 11.8 Å². The van der Waals surface area contributed by atoms with Gasteiger partial charge in [-0.1, -0.05) is 25.5 Å². The third-order valence-corrected chi connectivity index (χ3v) is 4.66. The molecular formula is C21H28FN5O. The van der Waals surface area contributed by atoms with E-state index in [4.69, 9.17) is 0 Å². The molecule has 0 bridgehead atoms. The summed E-state index contributed by atoms with van der Waals surface area (Å²) in [7, 11) is 0. The number of hydrogen-bond acceptors (Lipinski definition) is 4. The van der Waals surface area contributed by atoms with Crippen LogP contribution in [0.2, 0.25) is 0 Å². The Morgan fingerprint density at radius 1 is 1.32 bits per heavy atom. The first kappa shape index (κ1) is 20.0. The summed E-state index contributed by atoms with van der Waals surface area (Å²) in [6.45, 7) is 7.92. The number of aromatic nitrogens is 2. The molecule has 150 valence electrons. The Hall–Kier alpha value is -2.70. The van der Waals surface area contributed by atoms with Crippen molar-refractivity contribution in [3.8, 4) is 11.4 Å². The van der Waals surface area contributed by atoms with E-state index in [-0.39, 0.29) is 17.9 Å². The predicted molar refractivity (Wildman–Crippen MR) is 109 cm³/mol. The maximum absolute atomic E-state index is 13.6. The highest BCUT2D eigenvalue weighted by molar-refractivity contribution is 5.75. The molecule has 2 amide bonds. The van der Waals surface area contributed by atoms with Crippen LogP contribution in [0.1, 0.15) is 44.9 Å². The highest BCUT2D eigenvalue weighted by Gasteiger charge is 2.26. The third-order valence-electron chi connectivity index (χ3n) is 4.66. The van der Waals surface area contributed by atoms with E-state index < -0.39 is 0 Å². The van der Waals surface area contributed by atoms with Crippen LogP contribution in [0.3, 0.4) is 0 Å². The summed E-state index contributed by atoms with van der Waals surface area (Å²) in [5.74, 6) is 0.902. The van der Waals surface area contributed by atoms with Gasteiger partial charge in [0.2, 0.25) is 0 Å². The summed E-state index contributed by atoms with van der Waals surface area (Å²) in [5.41, 5.74) is 2.50. The van der Waals surface area contributed by atoms with Crippen molar-refractivity contribution in [2.24, 2.45) is 0 Å². The van der Waals surface area contributed by atoms with E-state index in [1.54, 1.807) is 17.0 Å². The number of anilines is 1. The number of fused-ring (bicyclic) bond motifs is 1. The van der Waals surface area contributed by atoms with Crippen molar-refractivity contribution in [1.82, 2.24) is 20.2 Å². The van der Waals surface area contributed by atoms with Crippen molar-refractivity contribution < 1.29 is 9.18 Å². The number of rotatable bonds is 6. The first-order chi connectivity index (χ1) is 13.5. The van der Waals surface area contributed by atoms with E-state index >= 15 is 0 Å². The van der Waals surface area contributed by atoms with Crippen molar-refractivity contribution in [1.29, 1.82) is 0 Å². The van der Waals surface area contributed by atoms with Crippen molar-refractivity contribution in [3.63, 3.8) is 0 Å². The van der Waals surface area contributed by atoms with Gasteiger partial charge in [0.25, 0.3) is 0 Å². The van der Waals surface area contributed by atoms with Crippen LogP contribution < -0.4 is 10.6 Å². The summed E-state index contributed by atoms with van der Waals surface area (Å²) < 4.78 is 13.6. The Morgan fingerprint density at radius 2 is 2.14 bits per heavy atom. The van der Waals surface area contributed by atoms with Crippen molar-refractivity contribution in [2.45, 2.75) is 52.6 Å². The van der Waals surface area contributed by atoms with Gasteiger partial charge in [-0.05, 0) is 32.4 Å². The molecule has 7 heteroatoms. The molecule has 0 saturated carbocycles. The average molecular weight is 385 g/mol. The van der Waals surface area contributed by atoms with Crippen LogP contribution in [0.4, 0.5) is 15.0 Å². The van der Waals surface area contributed by atoms with Crippen LogP contribution in [-0.4, -0.2) is 40.0 Å². The molecular weight excluding hydrogens is 357 g/mol. The zero-order chi connectivity index (χ0) is 20.1. The van der Waals surface area contributed by atoms with Crippen LogP contribution in [-0.2, 0) is 13.0 Å². The lowest BCUT2D eigenvalue weighted by molar-refractivity contribution is 0.192. The number of amides is 2. The summed E-state index contributed by atoms with van der Waals surface area (Å²) >= 11 is 0. The van der Waals surface area contributed by atoms with Crippen LogP contribution in [0.25, 0.3) is 11.4 Å². The molecule has 1 aliphatic rings. The quantitative estimate of drug-likeness (QED) is 0.738. The number of unbranched alkanes of at least 4 members (excludes halogenated alkanes) is 1. The van der Waals surface area contributed by atoms with E-state index in [0.717, 1.165) is 24.1 Å². The number of carbonyl (C=O) groups is 1. The standard InChI is InChI=1S/C21H28FN5O/c1-4-5-10-23-21(28)27-11-9-18-17(13-27)20(24-14(2)3)26-19(25-18)15-7-6-8-16(22)12-15/h6-8,12,14H,4-5,9-11,13H2,1-3H3,(H,23,28)(H,24,25,26). The first-order valence-corrected chi connectivity index (χ1v) is 9.93. The largest absolute Gasteiger partial charge is 0.367 e. The SMILES string of the molecule is CCCCNC(=O)N1CCc2nc(-c3cccc(F)c3)nc(NC(C)C)c2C1. The molecule has 1 aromatic carbocycles. The van der Waals surface area contributed by atoms with E-state index in [0.29, 0.717) is 43.3 Å². The summed E-state index contributed by atoms with van der Waals surface area (Å²) in [6.07, 6.45) is 2.66. The molecule has 0 atom stereocenters. The number of halogens is 1. The minimum absolute atomic E-state index is 0.0520. The van der Waals surface area contributed by atoms with Crippen LogP contribution >= 0.6 is 0 Å². The Labute approximate surface area is 165 Å². The second-order valence-electron chi connectivity index (χ2n) is 7.39. The van der Waals surface area contributed by atoms with Gasteiger partial charge >= 0.3 is 6.03 Å². The minimum Gasteiger partial charge on any atom is -0.367 e. The third kappa shape index (κ3) is 4.77. The van der Waals surface area contributed by atoms with Gasteiger partial charge in [-0.3, -0.25) is 0 Å². The Kier molecular flexibility index (Phi) is 6.44. The lowest BCUT2D eigenvalue weighted by Crippen LogP contribution is -2.43. The smallest absolute Gasteiger partial charge is 0.317 e. The zero-order valence-corrected chi connectivity index (χ0v) is 16.8. The number of benzene rings is 1. The second kappa shape index (κ2) is 8.99. The second-order valence-corrected chi connectivity index (χ2v) is 7.39. The van der Waals surface area contributed by atoms with E-state index in [1.807, 2.05) is 13.8 Å². The summed E-state index contributed by atoms with van der Waals surface area (Å²) in [4.78, 5) is 23.6. The molecule has 2 heterocycles. The van der Waals surface area contributed by atoms with E-state index in [2.05, 4.69) is 27.5 Å². The number of carbonyl (C=O) groups excluding carboxylic acids is 1. The molecule has 0 saturated heterocycles. The van der Waals surface area contributed by atoms with E-state index in [1.165, 1.54) is 12.1 Å². The predicted octanol–water partition coefficient (Wildman–Crippen LogP) is 3.97. The Balaban J connectivity index is 1.89. The normalized spacial score (nSPS) is 13.4. The monoisotopic (exact) mass is 385 g/mol. The summed E-state index contributed by atoms with van der Waals surface area (Å²) in [6, 6.07) is 6.43. The van der Waals surface area contributed by atoms with Crippen molar-refractivity contribution in [2.75, 3.05) is 18.4 Å². The molecule has 2 aromatic rings. The van der Waals surface area contributed by atoms with Crippen LogP contribution in [0.5, 0.6) is 0 Å². The highest BCUT2D eigenvalue weighted by Crippen LogP contribution is 2.28. The first-order valence-electron chi connectivity index (χ1n) is 9.93. The van der Waals surface area contributed by atoms with Gasteiger partial charge in [-0.15, -0.1) is 0 Å². The number of hydrogen-bond donors (Lipinski definition) is 2. The van der Waals surface area contributed by atoms with Gasteiger partial charge in [0.05, 0.1) is 12.2 Å². The van der Waals surface area contributed by atoms with E-state index in [9.17, 15) is 9.18 Å². The summed E-state index contributed by atoms with van der Waals surface area (Å²) in [5, 5.41) is 6.34. The van der Waals surface area contributed by atoms with Gasteiger partial charge in [0, 0.05) is 36.7 Å². The fraction of sp³-hybridized carbons (Fsp3) is 0.476. The molecule has 0 unspecified atom stereocenters. The lowest BCUT2D eigenvalue weighted by Gasteiger charge is -2.30. The molecule has 0 spiro atoms. The molecule has 0 aliphatic carbocycles. The highest BCUT2D eigenvalue weighted by atomic mass is 19.1. The molecule has 2 N–H and O–H groups in total. The number of urea groups is 1. The lowest BCUT2D eigenvalue weighted by atomic mass is 10.0. The topological polar surface area (TPSA) is 70.2 Å². The maximum Gasteiger partial charge on any atom is 0.317 e. The fourth-order valence-electron chi connectivity index (χ4n) is 3.22. The molecule has 1 aliphatic heterocycles. The minimum atomic E-state index is -0.313. The molecule has 1 aromatic heterocycles. The van der Waals surface area contributed by atoms with Gasteiger partial charge < -0.3 is 15.5 Å². The van der Waals surface area contributed by atoms with Gasteiger partial charge in [0.15, 0.2) is 5.82 Å². The molecule has 0 radical (unpaired) electrons. The number of nitrogens with zero attached hydrogens (tertiary/aromatic N) is 3. The fourth-order valence-corrected chi connectivity index (χ4v) is 3.22. The van der Waals surface area contributed by atoms with Gasteiger partial charge in [-0.2, -0.15) is 0 Å². The number of nitrogens with one attached hydrogen (secondary N) is 2. The zero-order valence-electron chi connectivity index (χ0n) is 16.8. The maximum atomic E-state index is 13.6. The molecule has 0 fully saturated rings. The average Bonchev–Trinajstić information content (AvgIpc) is 2.67. The molecule has 6 nitrogen and oxygen atoms in total.